The van der Waals surface area contributed by atoms with Gasteiger partial charge in [-0.2, -0.15) is 0 Å². The maximum Gasteiger partial charge on any atom is 0.309 e. The van der Waals surface area contributed by atoms with Gasteiger partial charge in [-0.25, -0.2) is 4.98 Å². The minimum atomic E-state index is -0.0803. The van der Waals surface area contributed by atoms with E-state index in [1.54, 1.807) is 18.4 Å². The van der Waals surface area contributed by atoms with E-state index in [9.17, 15) is 4.79 Å². The minimum absolute atomic E-state index is 0. The largest absolute Gasteiger partial charge is 0.466 e. The maximum absolute atomic E-state index is 11.9. The molecule has 1 aliphatic rings. The quantitative estimate of drug-likeness (QED) is 0.285. The monoisotopic (exact) mass is 522 g/mol. The molecule has 1 saturated heterocycles. The number of carbonyl (C=O) groups is 1. The van der Waals surface area contributed by atoms with Crippen LogP contribution in [0.3, 0.4) is 0 Å². The van der Waals surface area contributed by atoms with Crippen molar-refractivity contribution in [2.45, 2.75) is 26.3 Å². The smallest absolute Gasteiger partial charge is 0.309 e. The number of piperidine rings is 1. The van der Waals surface area contributed by atoms with Crippen molar-refractivity contribution in [3.63, 3.8) is 0 Å². The molecule has 1 aromatic heterocycles. The molecule has 0 bridgehead atoms. The van der Waals surface area contributed by atoms with Crippen LogP contribution in [0.1, 0.15) is 24.8 Å². The average molecular weight is 523 g/mol. The van der Waals surface area contributed by atoms with Crippen molar-refractivity contribution in [3.8, 4) is 0 Å². The zero-order valence-electron chi connectivity index (χ0n) is 15.4. The van der Waals surface area contributed by atoms with Crippen LogP contribution in [0.15, 0.2) is 23.2 Å². The molecule has 148 valence electrons. The number of aromatic nitrogens is 1. The van der Waals surface area contributed by atoms with Crippen molar-refractivity contribution >= 4 is 69.1 Å². The normalized spacial score (nSPS) is 15.5. The van der Waals surface area contributed by atoms with Crippen LogP contribution in [-0.4, -0.2) is 48.6 Å². The van der Waals surface area contributed by atoms with Crippen LogP contribution >= 0.6 is 46.9 Å². The lowest BCUT2D eigenvalue weighted by Gasteiger charge is -2.33. The molecule has 0 saturated carbocycles. The molecule has 0 atom stereocenters. The van der Waals surface area contributed by atoms with Gasteiger partial charge in [0.25, 0.3) is 0 Å². The summed E-state index contributed by atoms with van der Waals surface area (Å²) < 4.78 is 6.25. The maximum atomic E-state index is 11.9. The molecule has 9 heteroatoms. The summed E-state index contributed by atoms with van der Waals surface area (Å²) in [5, 5.41) is 5.06. The van der Waals surface area contributed by atoms with Gasteiger partial charge in [0.05, 0.1) is 29.3 Å². The molecule has 1 aliphatic heterocycles. The van der Waals surface area contributed by atoms with Crippen molar-refractivity contribution in [1.82, 2.24) is 15.2 Å². The second-order valence-electron chi connectivity index (χ2n) is 6.13. The van der Waals surface area contributed by atoms with Crippen LogP contribution in [0.2, 0.25) is 5.02 Å². The second-order valence-corrected chi connectivity index (χ2v) is 7.69. The molecule has 0 amide bonds. The number of nitrogens with zero attached hydrogens (tertiary/aromatic N) is 3. The molecule has 1 N–H and O–H groups in total. The molecule has 1 aromatic carbocycles. The number of halogens is 2. The zero-order chi connectivity index (χ0) is 18.5. The number of guanidine groups is 1. The molecule has 0 radical (unpaired) electrons. The van der Waals surface area contributed by atoms with Gasteiger partial charge in [-0.15, -0.1) is 35.3 Å². The summed E-state index contributed by atoms with van der Waals surface area (Å²) >= 11 is 7.67. The minimum Gasteiger partial charge on any atom is -0.466 e. The van der Waals surface area contributed by atoms with Crippen LogP contribution in [-0.2, 0) is 16.1 Å². The fraction of sp³-hybridized carbons (Fsp3) is 0.500. The van der Waals surface area contributed by atoms with Gasteiger partial charge in [0.2, 0.25) is 0 Å². The summed E-state index contributed by atoms with van der Waals surface area (Å²) in [5.74, 6) is 0.756. The number of hydrogen-bond acceptors (Lipinski definition) is 5. The van der Waals surface area contributed by atoms with Gasteiger partial charge in [-0.1, -0.05) is 11.6 Å². The van der Waals surface area contributed by atoms with Gasteiger partial charge in [-0.05, 0) is 38.0 Å². The zero-order valence-corrected chi connectivity index (χ0v) is 19.3. The highest BCUT2D eigenvalue weighted by atomic mass is 127. The molecular weight excluding hydrogens is 499 g/mol. The fourth-order valence-corrected chi connectivity index (χ4v) is 4.15. The summed E-state index contributed by atoms with van der Waals surface area (Å²) in [5.41, 5.74) is 0.921. The molecule has 1 fully saturated rings. The van der Waals surface area contributed by atoms with Crippen LogP contribution in [0.4, 0.5) is 0 Å². The van der Waals surface area contributed by atoms with Gasteiger partial charge in [0.15, 0.2) is 5.96 Å². The summed E-state index contributed by atoms with van der Waals surface area (Å²) in [4.78, 5) is 23.0. The number of esters is 1. The predicted octanol–water partition coefficient (Wildman–Crippen LogP) is 3.92. The number of carbonyl (C=O) groups excluding carboxylic acids is 1. The van der Waals surface area contributed by atoms with Crippen molar-refractivity contribution < 1.29 is 9.53 Å². The number of fused-ring (bicyclic) bond motifs is 1. The van der Waals surface area contributed by atoms with Crippen LogP contribution < -0.4 is 5.32 Å². The average Bonchev–Trinajstić information content (AvgIpc) is 3.05. The fourth-order valence-electron chi connectivity index (χ4n) is 3.10. The predicted molar refractivity (Wildman–Crippen MR) is 121 cm³/mol. The van der Waals surface area contributed by atoms with E-state index in [1.165, 1.54) is 0 Å². The Kier molecular flexibility index (Phi) is 8.56. The molecule has 0 unspecified atom stereocenters. The topological polar surface area (TPSA) is 66.8 Å². The Hall–Kier alpha value is -1.13. The lowest BCUT2D eigenvalue weighted by atomic mass is 9.97. The first-order valence-corrected chi connectivity index (χ1v) is 9.97. The van der Waals surface area contributed by atoms with Crippen LogP contribution in [0.25, 0.3) is 10.2 Å². The Morgan fingerprint density at radius 3 is 2.85 bits per heavy atom. The Morgan fingerprint density at radius 2 is 2.19 bits per heavy atom. The van der Waals surface area contributed by atoms with Gasteiger partial charge in [0.1, 0.15) is 5.01 Å². The number of nitrogens with one attached hydrogen (secondary N) is 1. The lowest BCUT2D eigenvalue weighted by Crippen LogP contribution is -2.46. The number of likely N-dealkylation sites (tertiary alicyclic amines) is 1. The highest BCUT2D eigenvalue weighted by Gasteiger charge is 2.27. The molecule has 6 nitrogen and oxygen atoms in total. The number of benzene rings is 1. The Bertz CT molecular complexity index is 806. The molecule has 2 aromatic rings. The van der Waals surface area contributed by atoms with E-state index in [1.807, 2.05) is 25.1 Å². The van der Waals surface area contributed by atoms with Crippen molar-refractivity contribution in [3.05, 3.63) is 28.2 Å². The van der Waals surface area contributed by atoms with Crippen LogP contribution in [0, 0.1) is 5.92 Å². The van der Waals surface area contributed by atoms with Gasteiger partial charge in [0, 0.05) is 25.2 Å². The lowest BCUT2D eigenvalue weighted by molar-refractivity contribution is -0.149. The first kappa shape index (κ1) is 22.2. The Balaban J connectivity index is 0.00000261. The number of rotatable bonds is 4. The standard InChI is InChI=1S/C18H23ClN4O2S.HI/c1-3-25-17(24)12-6-8-23(9-7-12)18(20-2)21-11-16-22-14-10-13(19)4-5-15(14)26-16;/h4-5,10,12H,3,6-9,11H2,1-2H3,(H,20,21);1H. The molecule has 2 heterocycles. The molecular formula is C18H24ClIN4O2S. The van der Waals surface area contributed by atoms with E-state index >= 15 is 0 Å². The molecule has 0 aliphatic carbocycles. The Morgan fingerprint density at radius 1 is 1.44 bits per heavy atom. The third-order valence-electron chi connectivity index (χ3n) is 4.42. The second kappa shape index (κ2) is 10.4. The van der Waals surface area contributed by atoms with Gasteiger partial charge in [-0.3, -0.25) is 9.79 Å². The molecule has 3 rings (SSSR count). The van der Waals surface area contributed by atoms with E-state index < -0.39 is 0 Å². The van der Waals surface area contributed by atoms with E-state index in [2.05, 4.69) is 20.2 Å². The summed E-state index contributed by atoms with van der Waals surface area (Å²) in [6.07, 6.45) is 1.58. The van der Waals surface area contributed by atoms with Crippen molar-refractivity contribution in [1.29, 1.82) is 0 Å². The highest BCUT2D eigenvalue weighted by Crippen LogP contribution is 2.25. The van der Waals surface area contributed by atoms with E-state index in [4.69, 9.17) is 16.3 Å². The summed E-state index contributed by atoms with van der Waals surface area (Å²) in [7, 11) is 1.78. The van der Waals surface area contributed by atoms with E-state index in [0.717, 1.165) is 47.1 Å². The van der Waals surface area contributed by atoms with Crippen molar-refractivity contribution in [2.75, 3.05) is 26.7 Å². The first-order valence-electron chi connectivity index (χ1n) is 8.78. The van der Waals surface area contributed by atoms with Gasteiger partial charge < -0.3 is 15.0 Å². The van der Waals surface area contributed by atoms with E-state index in [0.29, 0.717) is 18.2 Å². The van der Waals surface area contributed by atoms with E-state index in [-0.39, 0.29) is 35.9 Å². The number of ether oxygens (including phenoxy) is 1. The highest BCUT2D eigenvalue weighted by molar-refractivity contribution is 14.0. The number of thiazole rings is 1. The number of hydrogen-bond donors (Lipinski definition) is 1. The summed E-state index contributed by atoms with van der Waals surface area (Å²) in [6.45, 7) is 4.48. The molecule has 27 heavy (non-hydrogen) atoms. The third kappa shape index (κ3) is 5.68. The van der Waals surface area contributed by atoms with Crippen LogP contribution in [0.5, 0.6) is 0 Å². The first-order chi connectivity index (χ1) is 12.6. The summed E-state index contributed by atoms with van der Waals surface area (Å²) in [6, 6.07) is 5.76. The third-order valence-corrected chi connectivity index (χ3v) is 5.69. The number of aliphatic imine (C=N–C) groups is 1. The van der Waals surface area contributed by atoms with Gasteiger partial charge >= 0.3 is 5.97 Å². The van der Waals surface area contributed by atoms with Crippen molar-refractivity contribution in [2.24, 2.45) is 10.9 Å². The SMILES string of the molecule is CCOC(=O)C1CCN(C(=NC)NCc2nc3cc(Cl)ccc3s2)CC1.I. The molecule has 0 spiro atoms. The Labute approximate surface area is 185 Å².